The number of fused-ring (bicyclic) bond motifs is 4. The Morgan fingerprint density at radius 2 is 1.89 bits per heavy atom. The van der Waals surface area contributed by atoms with Crippen LogP contribution >= 0.6 is 11.6 Å². The maximum absolute atomic E-state index is 14.8. The van der Waals surface area contributed by atoms with Gasteiger partial charge in [0.2, 0.25) is 24.1 Å². The molecule has 3 atom stereocenters. The minimum Gasteiger partial charge on any atom is -0.428 e. The van der Waals surface area contributed by atoms with Crippen molar-refractivity contribution in [1.29, 1.82) is 0 Å². The molecular weight excluding hydrogens is 590 g/mol. The number of halogens is 1. The van der Waals surface area contributed by atoms with E-state index in [9.17, 15) is 9.59 Å². The van der Waals surface area contributed by atoms with Gasteiger partial charge in [-0.3, -0.25) is 14.9 Å². The van der Waals surface area contributed by atoms with Crippen LogP contribution in [-0.2, 0) is 15.0 Å². The Kier molecular flexibility index (Phi) is 6.62. The number of carbonyl (C=O) groups is 2. The number of nitrogens with one attached hydrogen (secondary N) is 3. The molecule has 10 nitrogen and oxygen atoms in total. The molecule has 2 spiro atoms. The van der Waals surface area contributed by atoms with E-state index in [1.54, 1.807) is 0 Å². The summed E-state index contributed by atoms with van der Waals surface area (Å²) in [7, 11) is 0. The molecule has 1 saturated heterocycles. The minimum atomic E-state index is -1.05. The maximum Gasteiger partial charge on any atom is 0.238 e. The zero-order valence-electron chi connectivity index (χ0n) is 25.6. The molecule has 1 aromatic carbocycles. The van der Waals surface area contributed by atoms with E-state index in [2.05, 4.69) is 40.0 Å². The van der Waals surface area contributed by atoms with Gasteiger partial charge in [-0.25, -0.2) is 4.98 Å². The number of pyridine rings is 1. The van der Waals surface area contributed by atoms with Crippen LogP contribution in [0.2, 0.25) is 5.02 Å². The van der Waals surface area contributed by atoms with Gasteiger partial charge >= 0.3 is 0 Å². The van der Waals surface area contributed by atoms with Crippen LogP contribution in [0.4, 0.5) is 5.69 Å². The predicted octanol–water partition coefficient (Wildman–Crippen LogP) is 5.50. The van der Waals surface area contributed by atoms with Crippen molar-refractivity contribution in [2.45, 2.75) is 100 Å². The number of nitrogens with zero attached hydrogens (tertiary/aromatic N) is 4. The lowest BCUT2D eigenvalue weighted by Gasteiger charge is -2.50. The van der Waals surface area contributed by atoms with Gasteiger partial charge in [0.15, 0.2) is 0 Å². The van der Waals surface area contributed by atoms with Crippen molar-refractivity contribution in [2.75, 3.05) is 5.32 Å². The quantitative estimate of drug-likeness (QED) is 0.273. The Morgan fingerprint density at radius 3 is 2.64 bits per heavy atom. The normalized spacial score (nSPS) is 30.1. The molecule has 0 bridgehead atoms. The van der Waals surface area contributed by atoms with Gasteiger partial charge in [-0.2, -0.15) is 0 Å². The first-order valence-corrected chi connectivity index (χ1v) is 16.5. The topological polar surface area (TPSA) is 126 Å². The first kappa shape index (κ1) is 28.7. The molecule has 2 aliphatic heterocycles. The van der Waals surface area contributed by atoms with Gasteiger partial charge in [-0.15, -0.1) is 10.2 Å². The highest BCUT2D eigenvalue weighted by atomic mass is 35.5. The van der Waals surface area contributed by atoms with Crippen molar-refractivity contribution in [3.05, 3.63) is 77.4 Å². The van der Waals surface area contributed by atoms with Crippen molar-refractivity contribution in [2.24, 2.45) is 5.41 Å². The van der Waals surface area contributed by atoms with E-state index in [-0.39, 0.29) is 29.2 Å². The number of rotatable bonds is 4. The smallest absolute Gasteiger partial charge is 0.238 e. The van der Waals surface area contributed by atoms with Crippen LogP contribution in [0.1, 0.15) is 94.2 Å². The zero-order chi connectivity index (χ0) is 31.0. The zero-order valence-corrected chi connectivity index (χ0v) is 26.3. The molecule has 2 aliphatic carbocycles. The van der Waals surface area contributed by atoms with Crippen LogP contribution in [0.25, 0.3) is 5.65 Å². The van der Waals surface area contributed by atoms with Crippen LogP contribution in [0.15, 0.2) is 59.6 Å². The number of amides is 2. The summed E-state index contributed by atoms with van der Waals surface area (Å²) in [5, 5.41) is 19.1. The van der Waals surface area contributed by atoms with Gasteiger partial charge in [0.25, 0.3) is 0 Å². The fourth-order valence-corrected chi connectivity index (χ4v) is 9.12. The van der Waals surface area contributed by atoms with Crippen LogP contribution in [0.3, 0.4) is 0 Å². The molecule has 0 unspecified atom stereocenters. The third kappa shape index (κ3) is 4.35. The highest BCUT2D eigenvalue weighted by Gasteiger charge is 2.73. The Hall–Kier alpha value is -3.76. The lowest BCUT2D eigenvalue weighted by Crippen LogP contribution is -2.61. The van der Waals surface area contributed by atoms with E-state index in [0.29, 0.717) is 10.9 Å². The van der Waals surface area contributed by atoms with E-state index in [4.69, 9.17) is 21.0 Å². The van der Waals surface area contributed by atoms with Crippen LogP contribution < -0.4 is 16.0 Å². The second-order valence-corrected chi connectivity index (χ2v) is 14.7. The summed E-state index contributed by atoms with van der Waals surface area (Å²) in [6.45, 7) is 4.58. The minimum absolute atomic E-state index is 0.0163. The molecule has 11 heteroatoms. The van der Waals surface area contributed by atoms with Crippen LogP contribution in [0, 0.1) is 5.41 Å². The van der Waals surface area contributed by atoms with E-state index in [1.807, 2.05) is 53.2 Å². The van der Waals surface area contributed by atoms with Gasteiger partial charge in [0.1, 0.15) is 11.1 Å². The second kappa shape index (κ2) is 10.4. The molecule has 8 rings (SSSR count). The number of benzene rings is 1. The third-order valence-corrected chi connectivity index (χ3v) is 11.5. The molecule has 2 amide bonds. The second-order valence-electron chi connectivity index (χ2n) is 14.2. The first-order chi connectivity index (χ1) is 21.7. The number of hydrogen-bond acceptors (Lipinski definition) is 7. The molecule has 234 valence electrons. The third-order valence-electron chi connectivity index (χ3n) is 11.3. The van der Waals surface area contributed by atoms with Crippen LogP contribution in [-0.4, -0.2) is 49.0 Å². The maximum atomic E-state index is 14.8. The number of carbonyl (C=O) groups excluding carboxylic acids is 2. The molecule has 45 heavy (non-hydrogen) atoms. The molecule has 4 aliphatic rings. The fraction of sp³-hybridized carbons (Fsp3) is 0.500. The monoisotopic (exact) mass is 627 g/mol. The van der Waals surface area contributed by atoms with Gasteiger partial charge in [-0.05, 0) is 86.6 Å². The van der Waals surface area contributed by atoms with Crippen molar-refractivity contribution < 1.29 is 14.0 Å². The molecule has 5 heterocycles. The van der Waals surface area contributed by atoms with Crippen molar-refractivity contribution in [3.63, 3.8) is 0 Å². The van der Waals surface area contributed by atoms with Crippen LogP contribution in [0.5, 0.6) is 0 Å². The van der Waals surface area contributed by atoms with E-state index >= 15 is 0 Å². The number of hydrogen-bond donors (Lipinski definition) is 3. The molecule has 3 fully saturated rings. The summed E-state index contributed by atoms with van der Waals surface area (Å²) in [5.41, 5.74) is 1.69. The molecule has 2 saturated carbocycles. The van der Waals surface area contributed by atoms with E-state index in [0.717, 1.165) is 74.0 Å². The Labute approximate surface area is 266 Å². The average molecular weight is 628 g/mol. The molecule has 3 aromatic heterocycles. The van der Waals surface area contributed by atoms with Crippen molar-refractivity contribution >= 4 is 34.7 Å². The number of imidazole rings is 1. The Balaban J connectivity index is 1.23. The fourth-order valence-electron chi connectivity index (χ4n) is 8.95. The highest BCUT2D eigenvalue weighted by Crippen LogP contribution is 2.63. The molecule has 0 radical (unpaired) electrons. The standard InChI is InChI=1S/C34H38ClN7O3/c1-32(2)12-14-33(15-13-32)34(23-11-8-21(35)17-24(23)39-31(34)44)27(25-18-36-26-5-3-4-16-42(25)26)28(40-33)29(43)38-22-9-6-20(7-10-22)30-41-37-19-45-30/h3-5,8,11,16-20,22,27-28,40H,6-7,9-10,12-15H2,1-2H3,(H,38,43)(H,39,44)/t20-,22-,27-,28+,34+/m0/s1. The van der Waals surface area contributed by atoms with Gasteiger partial charge in [0, 0.05) is 52.2 Å². The summed E-state index contributed by atoms with van der Waals surface area (Å²) in [6.07, 6.45) is 12.0. The number of anilines is 1. The van der Waals surface area contributed by atoms with Crippen molar-refractivity contribution in [3.8, 4) is 0 Å². The lowest BCUT2D eigenvalue weighted by atomic mass is 9.54. The SMILES string of the molecule is CC1(C)CCC2(CC1)N[C@@H](C(=O)N[C@H]1CC[C@H](c3nnco3)CC1)[C@H](c1cnc3ccccn13)[C@]21C(=O)Nc2cc(Cl)ccc21. The predicted molar refractivity (Wildman–Crippen MR) is 169 cm³/mol. The summed E-state index contributed by atoms with van der Waals surface area (Å²) >= 11 is 6.47. The molecular formula is C34H38ClN7O3. The molecule has 3 N–H and O–H groups in total. The van der Waals surface area contributed by atoms with Crippen molar-refractivity contribution in [1.82, 2.24) is 30.2 Å². The average Bonchev–Trinajstić information content (AvgIpc) is 3.81. The Morgan fingerprint density at radius 1 is 1.09 bits per heavy atom. The van der Waals surface area contributed by atoms with Gasteiger partial charge in [0.05, 0.1) is 6.04 Å². The Bertz CT molecular complexity index is 1770. The van der Waals surface area contributed by atoms with Gasteiger partial charge < -0.3 is 19.5 Å². The highest BCUT2D eigenvalue weighted by molar-refractivity contribution is 6.31. The van der Waals surface area contributed by atoms with E-state index in [1.165, 1.54) is 6.39 Å². The number of aromatic nitrogens is 4. The summed E-state index contributed by atoms with van der Waals surface area (Å²) < 4.78 is 7.50. The molecule has 4 aromatic rings. The first-order valence-electron chi connectivity index (χ1n) is 16.1. The van der Waals surface area contributed by atoms with Gasteiger partial charge in [-0.1, -0.05) is 37.6 Å². The summed E-state index contributed by atoms with van der Waals surface area (Å²) in [4.78, 5) is 34.2. The van der Waals surface area contributed by atoms with E-state index < -0.39 is 22.9 Å². The largest absolute Gasteiger partial charge is 0.428 e. The summed E-state index contributed by atoms with van der Waals surface area (Å²) in [6, 6.07) is 10.9. The summed E-state index contributed by atoms with van der Waals surface area (Å²) in [5.74, 6) is 0.189. The lowest BCUT2D eigenvalue weighted by molar-refractivity contribution is -0.125.